The summed E-state index contributed by atoms with van der Waals surface area (Å²) in [6.07, 6.45) is 4.17. The SMILES string of the molecule is O=C(COc1nccnc1Cl)N1CCC(c2nc(C3=NOC(c4c(Cl)cccc4CS(=O)(=O)O)C3)cs2)CC1. The Balaban J connectivity index is 1.17. The fourth-order valence-electron chi connectivity index (χ4n) is 4.56. The predicted molar refractivity (Wildman–Crippen MR) is 145 cm³/mol. The highest BCUT2D eigenvalue weighted by atomic mass is 35.5. The van der Waals surface area contributed by atoms with Crippen LogP contribution in [0.3, 0.4) is 0 Å². The Morgan fingerprint density at radius 1 is 1.21 bits per heavy atom. The molecule has 11 nitrogen and oxygen atoms in total. The fraction of sp³-hybridized carbons (Fsp3) is 0.375. The first-order valence-electron chi connectivity index (χ1n) is 12.0. The number of hydrogen-bond donors (Lipinski definition) is 1. The van der Waals surface area contributed by atoms with Crippen LogP contribution >= 0.6 is 34.5 Å². The molecule has 1 atom stereocenters. The number of oxime groups is 1. The number of carbonyl (C=O) groups excluding carboxylic acids is 1. The van der Waals surface area contributed by atoms with Crippen molar-refractivity contribution in [1.82, 2.24) is 19.9 Å². The molecule has 0 bridgehead atoms. The third kappa shape index (κ3) is 6.67. The van der Waals surface area contributed by atoms with E-state index >= 15 is 0 Å². The van der Waals surface area contributed by atoms with Gasteiger partial charge in [0.05, 0.1) is 10.7 Å². The van der Waals surface area contributed by atoms with E-state index in [0.717, 1.165) is 17.8 Å². The van der Waals surface area contributed by atoms with E-state index in [1.807, 2.05) is 5.38 Å². The van der Waals surface area contributed by atoms with Crippen LogP contribution in [0.1, 0.15) is 53.1 Å². The maximum atomic E-state index is 12.6. The van der Waals surface area contributed by atoms with Gasteiger partial charge >= 0.3 is 0 Å². The summed E-state index contributed by atoms with van der Waals surface area (Å²) in [6.45, 7) is 0.985. The number of benzene rings is 1. The van der Waals surface area contributed by atoms with E-state index in [4.69, 9.17) is 37.8 Å². The summed E-state index contributed by atoms with van der Waals surface area (Å²) >= 11 is 13.8. The van der Waals surface area contributed by atoms with E-state index < -0.39 is 22.0 Å². The lowest BCUT2D eigenvalue weighted by Crippen LogP contribution is -2.40. The molecule has 1 fully saturated rings. The number of aromatic nitrogens is 3. The highest BCUT2D eigenvalue weighted by molar-refractivity contribution is 7.85. The number of amides is 1. The van der Waals surface area contributed by atoms with Crippen LogP contribution < -0.4 is 4.74 Å². The van der Waals surface area contributed by atoms with Gasteiger partial charge in [0.2, 0.25) is 0 Å². The second kappa shape index (κ2) is 11.7. The number of hydrogen-bond acceptors (Lipinski definition) is 10. The summed E-state index contributed by atoms with van der Waals surface area (Å²) in [7, 11) is -4.25. The summed E-state index contributed by atoms with van der Waals surface area (Å²) in [5, 5.41) is 7.51. The number of likely N-dealkylation sites (tertiary alicyclic amines) is 1. The van der Waals surface area contributed by atoms with Crippen molar-refractivity contribution in [3.8, 4) is 5.88 Å². The molecule has 39 heavy (non-hydrogen) atoms. The maximum absolute atomic E-state index is 12.6. The molecule has 1 saturated heterocycles. The number of ether oxygens (including phenoxy) is 1. The second-order valence-electron chi connectivity index (χ2n) is 9.04. The summed E-state index contributed by atoms with van der Waals surface area (Å²) < 4.78 is 37.7. The van der Waals surface area contributed by atoms with Gasteiger partial charge in [0.1, 0.15) is 11.5 Å². The fourth-order valence-corrected chi connectivity index (χ4v) is 6.68. The van der Waals surface area contributed by atoms with Crippen molar-refractivity contribution >= 4 is 56.3 Å². The summed E-state index contributed by atoms with van der Waals surface area (Å²) in [5.41, 5.74) is 2.16. The molecular formula is C24H23Cl2N5O6S2. The van der Waals surface area contributed by atoms with E-state index in [0.29, 0.717) is 47.1 Å². The van der Waals surface area contributed by atoms with Crippen LogP contribution in [-0.4, -0.2) is 64.1 Å². The molecule has 0 radical (unpaired) electrons. The van der Waals surface area contributed by atoms with Crippen LogP contribution in [0, 0.1) is 0 Å². The molecular weight excluding hydrogens is 589 g/mol. The van der Waals surface area contributed by atoms with Crippen LogP contribution in [0.5, 0.6) is 5.88 Å². The zero-order valence-corrected chi connectivity index (χ0v) is 23.5. The Labute approximate surface area is 238 Å². The van der Waals surface area contributed by atoms with Crippen molar-refractivity contribution in [1.29, 1.82) is 0 Å². The van der Waals surface area contributed by atoms with Gasteiger partial charge in [-0.15, -0.1) is 11.3 Å². The molecule has 1 N–H and O–H groups in total. The molecule has 0 aliphatic carbocycles. The van der Waals surface area contributed by atoms with Gasteiger partial charge < -0.3 is 14.5 Å². The lowest BCUT2D eigenvalue weighted by Gasteiger charge is -2.31. The molecule has 1 aromatic carbocycles. The number of thiazole rings is 1. The summed E-state index contributed by atoms with van der Waals surface area (Å²) in [4.78, 5) is 32.6. The molecule has 2 aromatic heterocycles. The summed E-state index contributed by atoms with van der Waals surface area (Å²) in [5.74, 6) is -0.387. The van der Waals surface area contributed by atoms with Gasteiger partial charge in [-0.05, 0) is 24.5 Å². The molecule has 4 heterocycles. The first kappa shape index (κ1) is 27.7. The molecule has 5 rings (SSSR count). The van der Waals surface area contributed by atoms with Crippen LogP contribution in [-0.2, 0) is 25.5 Å². The lowest BCUT2D eigenvalue weighted by atomic mass is 9.97. The molecule has 2 aliphatic rings. The van der Waals surface area contributed by atoms with E-state index in [1.54, 1.807) is 23.1 Å². The maximum Gasteiger partial charge on any atom is 0.269 e. The topological polar surface area (TPSA) is 144 Å². The van der Waals surface area contributed by atoms with Crippen LogP contribution in [0.4, 0.5) is 0 Å². The minimum atomic E-state index is -4.25. The zero-order chi connectivity index (χ0) is 27.6. The largest absolute Gasteiger partial charge is 0.465 e. The highest BCUT2D eigenvalue weighted by Gasteiger charge is 2.31. The van der Waals surface area contributed by atoms with Crippen LogP contribution in [0.2, 0.25) is 10.2 Å². The first-order valence-corrected chi connectivity index (χ1v) is 15.2. The molecule has 206 valence electrons. The molecule has 2 aliphatic heterocycles. The average molecular weight is 613 g/mol. The van der Waals surface area contributed by atoms with Crippen molar-refractivity contribution in [2.24, 2.45) is 5.16 Å². The van der Waals surface area contributed by atoms with Crippen molar-refractivity contribution in [2.45, 2.75) is 37.0 Å². The molecule has 0 saturated carbocycles. The van der Waals surface area contributed by atoms with Gasteiger partial charge in [-0.25, -0.2) is 15.0 Å². The lowest BCUT2D eigenvalue weighted by molar-refractivity contribution is -0.134. The Morgan fingerprint density at radius 3 is 2.72 bits per heavy atom. The monoisotopic (exact) mass is 611 g/mol. The highest BCUT2D eigenvalue weighted by Crippen LogP contribution is 2.38. The predicted octanol–water partition coefficient (Wildman–Crippen LogP) is 4.28. The number of carbonyl (C=O) groups is 1. The van der Waals surface area contributed by atoms with Crippen molar-refractivity contribution in [3.05, 3.63) is 68.0 Å². The van der Waals surface area contributed by atoms with Gasteiger partial charge in [-0.1, -0.05) is 40.5 Å². The Kier molecular flexibility index (Phi) is 8.33. The van der Waals surface area contributed by atoms with E-state index in [9.17, 15) is 17.8 Å². The molecule has 1 unspecified atom stereocenters. The van der Waals surface area contributed by atoms with Gasteiger partial charge in [0, 0.05) is 53.8 Å². The normalized spacial score (nSPS) is 18.1. The number of nitrogens with zero attached hydrogens (tertiary/aromatic N) is 5. The minimum Gasteiger partial charge on any atom is -0.465 e. The standard InChI is InChI=1S/C24H23Cl2N5O6S2/c25-16-3-1-2-15(13-39(33,34)35)21(16)19-10-17(30-37-19)18-12-38-24(29-18)14-4-8-31(9-5-14)20(32)11-36-23-22(26)27-6-7-28-23/h1-3,6-7,12,14,19H,4-5,8-11,13H2,(H,33,34,35). The first-order chi connectivity index (χ1) is 18.7. The minimum absolute atomic E-state index is 0.109. The van der Waals surface area contributed by atoms with Crippen molar-refractivity contribution in [3.63, 3.8) is 0 Å². The van der Waals surface area contributed by atoms with Gasteiger partial charge in [-0.3, -0.25) is 9.35 Å². The average Bonchev–Trinajstić information content (AvgIpc) is 3.58. The third-order valence-electron chi connectivity index (χ3n) is 6.44. The van der Waals surface area contributed by atoms with Crippen LogP contribution in [0.25, 0.3) is 0 Å². The Hall–Kier alpha value is -2.84. The third-order valence-corrected chi connectivity index (χ3v) is 8.71. The van der Waals surface area contributed by atoms with Gasteiger partial charge in [-0.2, -0.15) is 8.42 Å². The van der Waals surface area contributed by atoms with Gasteiger partial charge in [0.25, 0.3) is 21.9 Å². The summed E-state index contributed by atoms with van der Waals surface area (Å²) in [6, 6.07) is 4.85. The number of piperidine rings is 1. The Bertz CT molecular complexity index is 1510. The van der Waals surface area contributed by atoms with Crippen LogP contribution in [0.15, 0.2) is 41.1 Å². The molecule has 15 heteroatoms. The van der Waals surface area contributed by atoms with E-state index in [2.05, 4.69) is 15.1 Å². The number of rotatable bonds is 8. The van der Waals surface area contributed by atoms with E-state index in [-0.39, 0.29) is 29.5 Å². The quantitative estimate of drug-likeness (QED) is 0.369. The molecule has 0 spiro atoms. The number of halogens is 2. The van der Waals surface area contributed by atoms with Crippen molar-refractivity contribution in [2.75, 3.05) is 19.7 Å². The smallest absolute Gasteiger partial charge is 0.269 e. The molecule has 3 aromatic rings. The van der Waals surface area contributed by atoms with E-state index in [1.165, 1.54) is 23.7 Å². The Morgan fingerprint density at radius 2 is 1.97 bits per heavy atom. The van der Waals surface area contributed by atoms with Crippen molar-refractivity contribution < 1.29 is 27.3 Å². The zero-order valence-electron chi connectivity index (χ0n) is 20.4. The molecule has 1 amide bonds. The second-order valence-corrected chi connectivity index (χ2v) is 12.1. The van der Waals surface area contributed by atoms with Gasteiger partial charge in [0.15, 0.2) is 17.9 Å².